The van der Waals surface area contributed by atoms with Gasteiger partial charge in [0, 0.05) is 13.5 Å². The van der Waals surface area contributed by atoms with E-state index >= 15 is 0 Å². The van der Waals surface area contributed by atoms with Gasteiger partial charge >= 0.3 is 13.3 Å². The average molecular weight is 505 g/mol. The van der Waals surface area contributed by atoms with Crippen molar-refractivity contribution in [3.63, 3.8) is 0 Å². The normalized spacial score (nSPS) is 19.0. The van der Waals surface area contributed by atoms with Crippen molar-refractivity contribution in [2.24, 2.45) is 0 Å². The minimum absolute atomic E-state index is 0.000709. The van der Waals surface area contributed by atoms with Gasteiger partial charge in [-0.3, -0.25) is 23.3 Å². The van der Waals surface area contributed by atoms with Crippen LogP contribution in [0, 0.1) is 5.82 Å². The first kappa shape index (κ1) is 25.5. The molecule has 2 aromatic carbocycles. The Kier molecular flexibility index (Phi) is 7.68. The molecule has 188 valence electrons. The lowest BCUT2D eigenvalue weighted by molar-refractivity contribution is -0.138. The first-order valence-corrected chi connectivity index (χ1v) is 13.1. The summed E-state index contributed by atoms with van der Waals surface area (Å²) in [7, 11) is -1.81. The van der Waals surface area contributed by atoms with E-state index in [1.807, 2.05) is 0 Å². The van der Waals surface area contributed by atoms with Gasteiger partial charge in [-0.05, 0) is 43.7 Å². The van der Waals surface area contributed by atoms with E-state index in [0.717, 1.165) is 4.57 Å². The molecule has 4 rings (SSSR count). The monoisotopic (exact) mass is 505 g/mol. The number of hydrogen-bond acceptors (Lipinski definition) is 7. The highest BCUT2D eigenvalue weighted by Crippen LogP contribution is 2.57. The number of nitrogens with zero attached hydrogens (tertiary/aromatic N) is 3. The predicted octanol–water partition coefficient (Wildman–Crippen LogP) is 3.58. The van der Waals surface area contributed by atoms with Gasteiger partial charge in [0.05, 0.1) is 43.3 Å². The number of benzene rings is 2. The quantitative estimate of drug-likeness (QED) is 0.411. The first-order valence-electron chi connectivity index (χ1n) is 11.5. The standard InChI is InChI=1S/C24H29FN3O6P/c1-4-32-35(31,33-5-2)22-14-19(34-26(22)3)16-27-21-9-7-6-8-20(21)23(29)28(24(27)30)15-17-10-12-18(25)13-11-17/h6-13,19,22H,4-5,14-16H2,1-3H3. The SMILES string of the molecule is CCOP(=O)(OCC)C1CC(Cn2c(=O)n(Cc3ccc(F)cc3)c(=O)c3ccccc32)ON1C. The summed E-state index contributed by atoms with van der Waals surface area (Å²) in [4.78, 5) is 32.6. The van der Waals surface area contributed by atoms with Crippen LogP contribution in [-0.2, 0) is 31.5 Å². The summed E-state index contributed by atoms with van der Waals surface area (Å²) < 4.78 is 40.3. The van der Waals surface area contributed by atoms with Crippen LogP contribution in [0.5, 0.6) is 0 Å². The van der Waals surface area contributed by atoms with Gasteiger partial charge in [0.15, 0.2) is 0 Å². The van der Waals surface area contributed by atoms with E-state index in [1.54, 1.807) is 57.3 Å². The Balaban J connectivity index is 1.70. The summed E-state index contributed by atoms with van der Waals surface area (Å²) in [6.45, 7) is 4.07. The molecule has 2 heterocycles. The lowest BCUT2D eigenvalue weighted by Crippen LogP contribution is -2.42. The van der Waals surface area contributed by atoms with Gasteiger partial charge < -0.3 is 9.05 Å². The molecule has 1 fully saturated rings. The largest absolute Gasteiger partial charge is 0.350 e. The summed E-state index contributed by atoms with van der Waals surface area (Å²) in [5.41, 5.74) is 0.167. The number of aromatic nitrogens is 2. The third kappa shape index (κ3) is 5.17. The van der Waals surface area contributed by atoms with Crippen molar-refractivity contribution in [1.82, 2.24) is 14.2 Å². The summed E-state index contributed by atoms with van der Waals surface area (Å²) in [6, 6.07) is 12.5. The minimum Gasteiger partial charge on any atom is -0.308 e. The molecule has 0 amide bonds. The van der Waals surface area contributed by atoms with Crippen LogP contribution in [0.2, 0.25) is 0 Å². The molecule has 0 spiro atoms. The smallest absolute Gasteiger partial charge is 0.308 e. The molecule has 9 nitrogen and oxygen atoms in total. The third-order valence-corrected chi connectivity index (χ3v) is 8.47. The fraction of sp³-hybridized carbons (Fsp3) is 0.417. The summed E-state index contributed by atoms with van der Waals surface area (Å²) in [6.07, 6.45) is -0.192. The highest BCUT2D eigenvalue weighted by molar-refractivity contribution is 7.54. The van der Waals surface area contributed by atoms with E-state index in [4.69, 9.17) is 13.9 Å². The average Bonchev–Trinajstić information content (AvgIpc) is 3.22. The molecule has 35 heavy (non-hydrogen) atoms. The van der Waals surface area contributed by atoms with E-state index < -0.39 is 36.5 Å². The maximum Gasteiger partial charge on any atom is 0.350 e. The molecule has 1 aromatic heterocycles. The number of para-hydroxylation sites is 1. The summed E-state index contributed by atoms with van der Waals surface area (Å²) >= 11 is 0. The fourth-order valence-corrected chi connectivity index (χ4v) is 6.48. The van der Waals surface area contributed by atoms with E-state index in [0.29, 0.717) is 22.9 Å². The van der Waals surface area contributed by atoms with Crippen molar-refractivity contribution in [2.45, 2.75) is 45.2 Å². The van der Waals surface area contributed by atoms with Crippen LogP contribution >= 0.6 is 7.60 Å². The molecule has 1 saturated heterocycles. The highest BCUT2D eigenvalue weighted by Gasteiger charge is 2.46. The van der Waals surface area contributed by atoms with Crippen LogP contribution in [0.15, 0.2) is 58.1 Å². The van der Waals surface area contributed by atoms with Crippen molar-refractivity contribution in [1.29, 1.82) is 0 Å². The minimum atomic E-state index is -3.46. The second-order valence-corrected chi connectivity index (χ2v) is 10.5. The van der Waals surface area contributed by atoms with Gasteiger partial charge in [-0.2, -0.15) is 5.06 Å². The number of halogens is 1. The van der Waals surface area contributed by atoms with Crippen LogP contribution in [0.4, 0.5) is 4.39 Å². The second kappa shape index (κ2) is 10.6. The van der Waals surface area contributed by atoms with Crippen molar-refractivity contribution >= 4 is 18.5 Å². The molecule has 0 N–H and O–H groups in total. The maximum absolute atomic E-state index is 13.5. The second-order valence-electron chi connectivity index (χ2n) is 8.29. The zero-order valence-corrected chi connectivity index (χ0v) is 20.8. The van der Waals surface area contributed by atoms with Gasteiger partial charge in [-0.15, -0.1) is 0 Å². The molecular formula is C24H29FN3O6P. The highest BCUT2D eigenvalue weighted by atomic mass is 31.2. The number of hydroxylamine groups is 2. The molecule has 0 bridgehead atoms. The van der Waals surface area contributed by atoms with Crippen LogP contribution in [0.3, 0.4) is 0 Å². The van der Waals surface area contributed by atoms with Crippen molar-refractivity contribution in [3.05, 3.63) is 80.7 Å². The Morgan fingerprint density at radius 1 is 1.03 bits per heavy atom. The Morgan fingerprint density at radius 2 is 1.69 bits per heavy atom. The van der Waals surface area contributed by atoms with Gasteiger partial charge in [0.25, 0.3) is 5.56 Å². The Bertz CT molecular complexity index is 1350. The van der Waals surface area contributed by atoms with Crippen LogP contribution < -0.4 is 11.2 Å². The molecule has 0 aliphatic carbocycles. The molecule has 1 aliphatic rings. The van der Waals surface area contributed by atoms with Crippen LogP contribution in [-0.4, -0.2) is 46.3 Å². The molecular weight excluding hydrogens is 476 g/mol. The molecule has 2 atom stereocenters. The maximum atomic E-state index is 13.5. The van der Waals surface area contributed by atoms with Crippen molar-refractivity contribution in [2.75, 3.05) is 20.3 Å². The van der Waals surface area contributed by atoms with Crippen molar-refractivity contribution < 1.29 is 22.8 Å². The van der Waals surface area contributed by atoms with Crippen LogP contribution in [0.25, 0.3) is 10.9 Å². The number of hydrogen-bond donors (Lipinski definition) is 0. The predicted molar refractivity (Wildman–Crippen MR) is 130 cm³/mol. The van der Waals surface area contributed by atoms with Gasteiger partial charge in [0.1, 0.15) is 11.6 Å². The molecule has 1 aliphatic heterocycles. The topological polar surface area (TPSA) is 92.0 Å². The zero-order chi connectivity index (χ0) is 25.2. The fourth-order valence-electron chi connectivity index (χ4n) is 4.40. The molecule has 11 heteroatoms. The first-order chi connectivity index (χ1) is 16.8. The Hall–Kier alpha value is -2.62. The molecule has 0 radical (unpaired) electrons. The Labute approximate surface area is 202 Å². The van der Waals surface area contributed by atoms with Crippen molar-refractivity contribution in [3.8, 4) is 0 Å². The zero-order valence-electron chi connectivity index (χ0n) is 19.9. The van der Waals surface area contributed by atoms with E-state index in [9.17, 15) is 18.5 Å². The molecule has 0 saturated carbocycles. The Morgan fingerprint density at radius 3 is 2.34 bits per heavy atom. The molecule has 3 aromatic rings. The summed E-state index contributed by atoms with van der Waals surface area (Å²) in [5, 5.41) is 1.85. The molecule has 2 unspecified atom stereocenters. The number of fused-ring (bicyclic) bond motifs is 1. The lowest BCUT2D eigenvalue weighted by Gasteiger charge is -2.25. The van der Waals surface area contributed by atoms with Gasteiger partial charge in [-0.25, -0.2) is 9.18 Å². The van der Waals surface area contributed by atoms with Gasteiger partial charge in [-0.1, -0.05) is 24.3 Å². The van der Waals surface area contributed by atoms with E-state index in [1.165, 1.54) is 21.8 Å². The van der Waals surface area contributed by atoms with Crippen LogP contribution in [0.1, 0.15) is 25.8 Å². The van der Waals surface area contributed by atoms with E-state index in [2.05, 4.69) is 0 Å². The summed E-state index contributed by atoms with van der Waals surface area (Å²) in [5.74, 6) is -1.02. The third-order valence-electron chi connectivity index (χ3n) is 5.96. The van der Waals surface area contributed by atoms with Gasteiger partial charge in [0.2, 0.25) is 0 Å². The number of rotatable bonds is 9. The lowest BCUT2D eigenvalue weighted by atomic mass is 10.2. The van der Waals surface area contributed by atoms with E-state index in [-0.39, 0.29) is 26.3 Å².